The first-order valence-corrected chi connectivity index (χ1v) is 5.42. The fourth-order valence-corrected chi connectivity index (χ4v) is 0.768. The number of esters is 1. The Labute approximate surface area is 96.1 Å². The lowest BCUT2D eigenvalue weighted by Gasteiger charge is -2.17. The van der Waals surface area contributed by atoms with Crippen LogP contribution in [0.15, 0.2) is 0 Å². The maximum Gasteiger partial charge on any atom is 0.509 e. The van der Waals surface area contributed by atoms with Crippen LogP contribution in [0.4, 0.5) is 4.79 Å². The molecule has 0 saturated heterocycles. The molecule has 0 fully saturated rings. The zero-order valence-electron chi connectivity index (χ0n) is 10.5. The predicted molar refractivity (Wildman–Crippen MR) is 58.0 cm³/mol. The van der Waals surface area contributed by atoms with E-state index >= 15 is 0 Å². The minimum Gasteiger partial charge on any atom is -0.463 e. The van der Waals surface area contributed by atoms with Crippen LogP contribution in [-0.2, 0) is 19.0 Å². The summed E-state index contributed by atoms with van der Waals surface area (Å²) < 4.78 is 14.4. The van der Waals surface area contributed by atoms with Gasteiger partial charge in [-0.2, -0.15) is 0 Å². The fraction of sp³-hybridized carbons (Fsp3) is 0.818. The molecule has 0 aliphatic carbocycles. The SMILES string of the molecule is CCOC(=O)C(C)OC(=O)OC(C)C(C)C. The van der Waals surface area contributed by atoms with Gasteiger partial charge in [0.15, 0.2) is 6.10 Å². The first-order valence-electron chi connectivity index (χ1n) is 5.42. The number of carbonyl (C=O) groups excluding carboxylic acids is 2. The summed E-state index contributed by atoms with van der Waals surface area (Å²) in [5.41, 5.74) is 0. The Bertz CT molecular complexity index is 237. The third-order valence-electron chi connectivity index (χ3n) is 2.11. The maximum absolute atomic E-state index is 11.2. The summed E-state index contributed by atoms with van der Waals surface area (Å²) in [6.07, 6.45) is -2.03. The molecular weight excluding hydrogens is 212 g/mol. The lowest BCUT2D eigenvalue weighted by atomic mass is 10.1. The predicted octanol–water partition coefficient (Wildman–Crippen LogP) is 2.14. The largest absolute Gasteiger partial charge is 0.509 e. The van der Waals surface area contributed by atoms with E-state index < -0.39 is 18.2 Å². The number of hydrogen-bond donors (Lipinski definition) is 0. The van der Waals surface area contributed by atoms with Crippen molar-refractivity contribution in [2.45, 2.75) is 46.8 Å². The van der Waals surface area contributed by atoms with Gasteiger partial charge in [-0.05, 0) is 26.7 Å². The number of ether oxygens (including phenoxy) is 3. The Kier molecular flexibility index (Phi) is 6.53. The minimum absolute atomic E-state index is 0.199. The first kappa shape index (κ1) is 14.7. The molecule has 0 heterocycles. The molecule has 0 amide bonds. The third-order valence-corrected chi connectivity index (χ3v) is 2.11. The van der Waals surface area contributed by atoms with Crippen molar-refractivity contribution in [3.8, 4) is 0 Å². The topological polar surface area (TPSA) is 61.8 Å². The zero-order chi connectivity index (χ0) is 12.7. The van der Waals surface area contributed by atoms with Crippen LogP contribution in [0.2, 0.25) is 0 Å². The second-order valence-electron chi connectivity index (χ2n) is 3.83. The number of carbonyl (C=O) groups is 2. The molecule has 0 rings (SSSR count). The average Bonchev–Trinajstić information content (AvgIpc) is 2.17. The summed E-state index contributed by atoms with van der Waals surface area (Å²) in [6, 6.07) is 0. The zero-order valence-corrected chi connectivity index (χ0v) is 10.5. The molecule has 0 aliphatic rings. The van der Waals surface area contributed by atoms with E-state index in [-0.39, 0.29) is 18.6 Å². The van der Waals surface area contributed by atoms with Gasteiger partial charge >= 0.3 is 12.1 Å². The molecule has 0 aromatic rings. The van der Waals surface area contributed by atoms with Crippen LogP contribution in [0.1, 0.15) is 34.6 Å². The second kappa shape index (κ2) is 7.09. The van der Waals surface area contributed by atoms with Gasteiger partial charge in [0.2, 0.25) is 0 Å². The molecule has 2 atom stereocenters. The number of rotatable bonds is 5. The summed E-state index contributed by atoms with van der Waals surface area (Å²) in [5.74, 6) is -0.373. The van der Waals surface area contributed by atoms with Crippen molar-refractivity contribution >= 4 is 12.1 Å². The Hall–Kier alpha value is -1.26. The van der Waals surface area contributed by atoms with Crippen LogP contribution in [0.5, 0.6) is 0 Å². The quantitative estimate of drug-likeness (QED) is 0.679. The van der Waals surface area contributed by atoms with Gasteiger partial charge in [0, 0.05) is 0 Å². The lowest BCUT2D eigenvalue weighted by Crippen LogP contribution is -2.29. The molecule has 2 unspecified atom stereocenters. The van der Waals surface area contributed by atoms with E-state index in [0.717, 1.165) is 0 Å². The van der Waals surface area contributed by atoms with Gasteiger partial charge in [0.05, 0.1) is 6.61 Å². The van der Waals surface area contributed by atoms with Crippen LogP contribution in [0, 0.1) is 5.92 Å². The fourth-order valence-electron chi connectivity index (χ4n) is 0.768. The highest BCUT2D eigenvalue weighted by atomic mass is 16.7. The smallest absolute Gasteiger partial charge is 0.463 e. The molecule has 0 N–H and O–H groups in total. The van der Waals surface area contributed by atoms with Crippen molar-refractivity contribution in [3.05, 3.63) is 0 Å². The highest BCUT2D eigenvalue weighted by Gasteiger charge is 2.21. The molecule has 94 valence electrons. The molecule has 5 nitrogen and oxygen atoms in total. The van der Waals surface area contributed by atoms with Gasteiger partial charge in [0.25, 0.3) is 0 Å². The first-order chi connectivity index (χ1) is 7.38. The van der Waals surface area contributed by atoms with Gasteiger partial charge in [-0.1, -0.05) is 13.8 Å². The van der Waals surface area contributed by atoms with Gasteiger partial charge in [-0.3, -0.25) is 0 Å². The molecule has 0 aromatic carbocycles. The van der Waals surface area contributed by atoms with Crippen LogP contribution in [0.3, 0.4) is 0 Å². The number of hydrogen-bond acceptors (Lipinski definition) is 5. The van der Waals surface area contributed by atoms with E-state index in [1.54, 1.807) is 13.8 Å². The highest BCUT2D eigenvalue weighted by molar-refractivity contribution is 5.76. The summed E-state index contributed by atoms with van der Waals surface area (Å²) in [6.45, 7) is 8.99. The van der Waals surface area contributed by atoms with Gasteiger partial charge in [0.1, 0.15) is 6.10 Å². The minimum atomic E-state index is -0.938. The summed E-state index contributed by atoms with van der Waals surface area (Å²) in [4.78, 5) is 22.4. The Balaban J connectivity index is 4.00. The van der Waals surface area contributed by atoms with E-state index in [9.17, 15) is 9.59 Å². The second-order valence-corrected chi connectivity index (χ2v) is 3.83. The van der Waals surface area contributed by atoms with E-state index in [1.807, 2.05) is 13.8 Å². The summed E-state index contributed by atoms with van der Waals surface area (Å²) >= 11 is 0. The van der Waals surface area contributed by atoms with Crippen LogP contribution < -0.4 is 0 Å². The molecule has 0 saturated carbocycles. The normalized spacial score (nSPS) is 14.1. The van der Waals surface area contributed by atoms with Crippen molar-refractivity contribution in [3.63, 3.8) is 0 Å². The van der Waals surface area contributed by atoms with Gasteiger partial charge in [-0.15, -0.1) is 0 Å². The molecule has 5 heteroatoms. The average molecular weight is 232 g/mol. The standard InChI is InChI=1S/C11H20O5/c1-6-14-10(12)9(5)16-11(13)15-8(4)7(2)3/h7-9H,6H2,1-5H3. The molecule has 0 spiro atoms. The summed E-state index contributed by atoms with van der Waals surface area (Å²) in [7, 11) is 0. The lowest BCUT2D eigenvalue weighted by molar-refractivity contribution is -0.153. The molecular formula is C11H20O5. The maximum atomic E-state index is 11.2. The highest BCUT2D eigenvalue weighted by Crippen LogP contribution is 2.07. The summed E-state index contributed by atoms with van der Waals surface area (Å²) in [5, 5.41) is 0. The van der Waals surface area contributed by atoms with Gasteiger partial charge in [-0.25, -0.2) is 9.59 Å². The third kappa shape index (κ3) is 5.58. The Morgan fingerprint density at radius 3 is 2.06 bits per heavy atom. The molecule has 0 radical (unpaired) electrons. The van der Waals surface area contributed by atoms with Crippen molar-refractivity contribution < 1.29 is 23.8 Å². The molecule has 0 bridgehead atoms. The van der Waals surface area contributed by atoms with Gasteiger partial charge < -0.3 is 14.2 Å². The van der Waals surface area contributed by atoms with Crippen molar-refractivity contribution in [2.24, 2.45) is 5.92 Å². The van der Waals surface area contributed by atoms with Crippen LogP contribution in [-0.4, -0.2) is 30.9 Å². The Morgan fingerprint density at radius 1 is 1.06 bits per heavy atom. The monoisotopic (exact) mass is 232 g/mol. The van der Waals surface area contributed by atoms with Crippen LogP contribution >= 0.6 is 0 Å². The molecule has 0 aromatic heterocycles. The Morgan fingerprint density at radius 2 is 1.62 bits per heavy atom. The van der Waals surface area contributed by atoms with E-state index in [2.05, 4.69) is 4.74 Å². The molecule has 0 aliphatic heterocycles. The van der Waals surface area contributed by atoms with Crippen LogP contribution in [0.25, 0.3) is 0 Å². The van der Waals surface area contributed by atoms with E-state index in [4.69, 9.17) is 9.47 Å². The van der Waals surface area contributed by atoms with E-state index in [1.165, 1.54) is 6.92 Å². The van der Waals surface area contributed by atoms with Crippen molar-refractivity contribution in [1.82, 2.24) is 0 Å². The van der Waals surface area contributed by atoms with Crippen molar-refractivity contribution in [2.75, 3.05) is 6.61 Å². The van der Waals surface area contributed by atoms with Crippen molar-refractivity contribution in [1.29, 1.82) is 0 Å². The molecule has 16 heavy (non-hydrogen) atoms. The van der Waals surface area contributed by atoms with E-state index in [0.29, 0.717) is 0 Å².